The number of carbonyl (C=O) groups excluding carboxylic acids is 1. The predicted molar refractivity (Wildman–Crippen MR) is 45.5 cm³/mol. The summed E-state index contributed by atoms with van der Waals surface area (Å²) in [5.74, 6) is -5.10. The molecule has 0 radical (unpaired) electrons. The van der Waals surface area contributed by atoms with Crippen LogP contribution in [0.4, 0.5) is 8.78 Å². The van der Waals surface area contributed by atoms with Crippen molar-refractivity contribution in [1.82, 2.24) is 4.98 Å². The highest BCUT2D eigenvalue weighted by Gasteiger charge is 2.37. The van der Waals surface area contributed by atoms with E-state index in [1.165, 1.54) is 6.92 Å². The van der Waals surface area contributed by atoms with E-state index in [4.69, 9.17) is 5.73 Å². The van der Waals surface area contributed by atoms with E-state index in [1.807, 2.05) is 0 Å². The Morgan fingerprint density at radius 1 is 1.67 bits per heavy atom. The molecule has 0 aliphatic rings. The molecule has 2 N–H and O–H groups in total. The highest BCUT2D eigenvalue weighted by Crippen LogP contribution is 2.27. The molecule has 0 atom stereocenters. The SMILES string of the molecule is COC(=O)c1nc(C(F)(F)CN)oc1C. The minimum absolute atomic E-state index is 0.0232. The van der Waals surface area contributed by atoms with Crippen molar-refractivity contribution in [2.24, 2.45) is 5.73 Å². The molecular weight excluding hydrogens is 210 g/mol. The zero-order chi connectivity index (χ0) is 11.6. The van der Waals surface area contributed by atoms with Gasteiger partial charge in [-0.15, -0.1) is 0 Å². The van der Waals surface area contributed by atoms with Gasteiger partial charge in [0, 0.05) is 0 Å². The molecule has 1 heterocycles. The Kier molecular flexibility index (Phi) is 3.04. The first-order valence-corrected chi connectivity index (χ1v) is 4.06. The molecule has 1 aromatic heterocycles. The van der Waals surface area contributed by atoms with Gasteiger partial charge in [0.25, 0.3) is 5.89 Å². The quantitative estimate of drug-likeness (QED) is 0.763. The van der Waals surface area contributed by atoms with Gasteiger partial charge in [0.05, 0.1) is 13.7 Å². The zero-order valence-electron chi connectivity index (χ0n) is 8.21. The van der Waals surface area contributed by atoms with Crippen LogP contribution in [0, 0.1) is 6.92 Å². The van der Waals surface area contributed by atoms with Crippen LogP contribution >= 0.6 is 0 Å². The minimum atomic E-state index is -3.38. The lowest BCUT2D eigenvalue weighted by molar-refractivity contribution is -0.0219. The Labute approximate surface area is 84.2 Å². The van der Waals surface area contributed by atoms with Crippen molar-refractivity contribution < 1.29 is 22.7 Å². The van der Waals surface area contributed by atoms with Gasteiger partial charge >= 0.3 is 11.9 Å². The van der Waals surface area contributed by atoms with Gasteiger partial charge in [-0.25, -0.2) is 9.78 Å². The van der Waals surface area contributed by atoms with Gasteiger partial charge in [0.1, 0.15) is 5.76 Å². The second-order valence-corrected chi connectivity index (χ2v) is 2.82. The molecule has 0 bridgehead atoms. The summed E-state index contributed by atoms with van der Waals surface area (Å²) in [6, 6.07) is 0. The average Bonchev–Trinajstić information content (AvgIpc) is 2.60. The number of carbonyl (C=O) groups is 1. The van der Waals surface area contributed by atoms with Gasteiger partial charge in [-0.1, -0.05) is 0 Å². The van der Waals surface area contributed by atoms with E-state index in [9.17, 15) is 13.6 Å². The molecule has 15 heavy (non-hydrogen) atoms. The lowest BCUT2D eigenvalue weighted by Crippen LogP contribution is -2.25. The van der Waals surface area contributed by atoms with Crippen LogP contribution in [-0.2, 0) is 10.7 Å². The molecule has 0 fully saturated rings. The Hall–Kier alpha value is -1.50. The number of hydrogen-bond acceptors (Lipinski definition) is 5. The van der Waals surface area contributed by atoms with E-state index in [1.54, 1.807) is 0 Å². The number of hydrogen-bond donors (Lipinski definition) is 1. The second-order valence-electron chi connectivity index (χ2n) is 2.82. The number of nitrogens with zero attached hydrogens (tertiary/aromatic N) is 1. The van der Waals surface area contributed by atoms with E-state index in [2.05, 4.69) is 14.1 Å². The number of ether oxygens (including phenoxy) is 1. The number of nitrogens with two attached hydrogens (primary N) is 1. The first-order chi connectivity index (χ1) is 6.92. The van der Waals surface area contributed by atoms with Crippen LogP contribution in [0.1, 0.15) is 22.1 Å². The lowest BCUT2D eigenvalue weighted by atomic mass is 10.3. The van der Waals surface area contributed by atoms with Crippen LogP contribution in [0.3, 0.4) is 0 Å². The maximum atomic E-state index is 13.0. The molecule has 0 spiro atoms. The lowest BCUT2D eigenvalue weighted by Gasteiger charge is -2.07. The van der Waals surface area contributed by atoms with Crippen molar-refractivity contribution in [1.29, 1.82) is 0 Å². The fourth-order valence-corrected chi connectivity index (χ4v) is 0.926. The highest BCUT2D eigenvalue weighted by atomic mass is 19.3. The molecule has 0 aliphatic carbocycles. The predicted octanol–water partition coefficient (Wildman–Crippen LogP) is 0.820. The Bertz CT molecular complexity index is 376. The van der Waals surface area contributed by atoms with Gasteiger partial charge in [-0.05, 0) is 6.92 Å². The monoisotopic (exact) mass is 220 g/mol. The van der Waals surface area contributed by atoms with Crippen LogP contribution in [0.15, 0.2) is 4.42 Å². The van der Waals surface area contributed by atoms with E-state index in [0.29, 0.717) is 0 Å². The molecule has 7 heteroatoms. The molecule has 0 amide bonds. The normalized spacial score (nSPS) is 11.5. The standard InChI is InChI=1S/C8H10F2N2O3/c1-4-5(6(13)14-2)12-7(15-4)8(9,10)3-11/h3,11H2,1-2H3. The first kappa shape index (κ1) is 11.6. The Balaban J connectivity index is 3.11. The van der Waals surface area contributed by atoms with Crippen molar-refractivity contribution in [2.75, 3.05) is 13.7 Å². The van der Waals surface area contributed by atoms with E-state index < -0.39 is 24.3 Å². The number of aromatic nitrogens is 1. The molecule has 1 rings (SSSR count). The summed E-state index contributed by atoms with van der Waals surface area (Å²) in [4.78, 5) is 14.4. The zero-order valence-corrected chi connectivity index (χ0v) is 8.21. The van der Waals surface area contributed by atoms with Crippen LogP contribution in [0.5, 0.6) is 0 Å². The van der Waals surface area contributed by atoms with E-state index in [-0.39, 0.29) is 11.5 Å². The number of methoxy groups -OCH3 is 1. The summed E-state index contributed by atoms with van der Waals surface area (Å²) in [6.45, 7) is 0.406. The molecule has 0 unspecified atom stereocenters. The summed E-state index contributed by atoms with van der Waals surface area (Å²) >= 11 is 0. The summed E-state index contributed by atoms with van der Waals surface area (Å²) in [6.07, 6.45) is 0. The molecule has 1 aromatic rings. The highest BCUT2D eigenvalue weighted by molar-refractivity contribution is 5.88. The van der Waals surface area contributed by atoms with Gasteiger partial charge in [-0.3, -0.25) is 0 Å². The van der Waals surface area contributed by atoms with Crippen molar-refractivity contribution in [3.63, 3.8) is 0 Å². The van der Waals surface area contributed by atoms with Crippen molar-refractivity contribution in [3.05, 3.63) is 17.3 Å². The van der Waals surface area contributed by atoms with Crippen LogP contribution in [0.2, 0.25) is 0 Å². The van der Waals surface area contributed by atoms with Crippen molar-refractivity contribution in [3.8, 4) is 0 Å². The van der Waals surface area contributed by atoms with E-state index in [0.717, 1.165) is 7.11 Å². The van der Waals surface area contributed by atoms with E-state index >= 15 is 0 Å². The molecule has 0 aliphatic heterocycles. The number of oxazole rings is 1. The average molecular weight is 220 g/mol. The van der Waals surface area contributed by atoms with Crippen LogP contribution in [-0.4, -0.2) is 24.6 Å². The number of esters is 1. The number of aryl methyl sites for hydroxylation is 1. The summed E-state index contributed by atoms with van der Waals surface area (Å²) in [5.41, 5.74) is 4.58. The fraction of sp³-hybridized carbons (Fsp3) is 0.500. The van der Waals surface area contributed by atoms with Crippen molar-refractivity contribution >= 4 is 5.97 Å². The number of halogens is 2. The van der Waals surface area contributed by atoms with Crippen LogP contribution in [0.25, 0.3) is 0 Å². The molecule has 0 aromatic carbocycles. The minimum Gasteiger partial charge on any atom is -0.464 e. The topological polar surface area (TPSA) is 78.3 Å². The van der Waals surface area contributed by atoms with Gasteiger partial charge in [0.15, 0.2) is 5.69 Å². The largest absolute Gasteiger partial charge is 0.464 e. The smallest absolute Gasteiger partial charge is 0.360 e. The van der Waals surface area contributed by atoms with Gasteiger partial charge in [-0.2, -0.15) is 8.78 Å². The Morgan fingerprint density at radius 3 is 2.73 bits per heavy atom. The first-order valence-electron chi connectivity index (χ1n) is 4.06. The Morgan fingerprint density at radius 2 is 2.27 bits per heavy atom. The van der Waals surface area contributed by atoms with Crippen LogP contribution < -0.4 is 5.73 Å². The molecule has 0 saturated carbocycles. The third kappa shape index (κ3) is 2.12. The molecule has 84 valence electrons. The van der Waals surface area contributed by atoms with Crippen molar-refractivity contribution in [2.45, 2.75) is 12.8 Å². The maximum Gasteiger partial charge on any atom is 0.360 e. The second kappa shape index (κ2) is 3.93. The summed E-state index contributed by atoms with van der Waals surface area (Å²) in [7, 11) is 1.12. The molecule has 0 saturated heterocycles. The van der Waals surface area contributed by atoms with Gasteiger partial charge < -0.3 is 14.9 Å². The maximum absolute atomic E-state index is 13.0. The number of rotatable bonds is 3. The summed E-state index contributed by atoms with van der Waals surface area (Å²) in [5, 5.41) is 0. The molecular formula is C8H10F2N2O3. The molecule has 5 nitrogen and oxygen atoms in total. The third-order valence-corrected chi connectivity index (χ3v) is 1.74. The fourth-order valence-electron chi connectivity index (χ4n) is 0.926. The van der Waals surface area contributed by atoms with Gasteiger partial charge in [0.2, 0.25) is 0 Å². The number of alkyl halides is 2. The third-order valence-electron chi connectivity index (χ3n) is 1.74. The summed E-state index contributed by atoms with van der Waals surface area (Å²) < 4.78 is 35.0.